The molecule has 0 rings (SSSR count). The smallest absolute Gasteiger partial charge is 0.326 e. The molecule has 144 valence electrons. The Hall–Kier alpha value is -1.96. The number of ketones is 1. The Kier molecular flexibility index (Phi) is 8.24. The van der Waals surface area contributed by atoms with Crippen LogP contribution in [0.2, 0.25) is 0 Å². The van der Waals surface area contributed by atoms with Crippen LogP contribution in [0.5, 0.6) is 0 Å². The van der Waals surface area contributed by atoms with Gasteiger partial charge in [0.1, 0.15) is 11.8 Å². The Bertz CT molecular complexity index is 522. The van der Waals surface area contributed by atoms with E-state index in [4.69, 9.17) is 5.11 Å². The number of rotatable bonds is 10. The third kappa shape index (κ3) is 9.19. The molecule has 0 aromatic heterocycles. The van der Waals surface area contributed by atoms with E-state index in [-0.39, 0.29) is 30.6 Å². The number of hydrogen-bond donors (Lipinski definition) is 4. The summed E-state index contributed by atoms with van der Waals surface area (Å²) in [4.78, 5) is 46.2. The lowest BCUT2D eigenvalue weighted by Crippen LogP contribution is -2.48. The molecular formula is C17H30N2O6. The van der Waals surface area contributed by atoms with Crippen LogP contribution >= 0.6 is 0 Å². The summed E-state index contributed by atoms with van der Waals surface area (Å²) >= 11 is 0. The highest BCUT2D eigenvalue weighted by molar-refractivity contribution is 5.86. The lowest BCUT2D eigenvalue weighted by atomic mass is 9.85. The van der Waals surface area contributed by atoms with Crippen LogP contribution < -0.4 is 10.6 Å². The first-order chi connectivity index (χ1) is 11.2. The number of carboxylic acid groups (broad SMARTS) is 2. The molecule has 0 radical (unpaired) electrons. The van der Waals surface area contributed by atoms with Crippen molar-refractivity contribution in [3.63, 3.8) is 0 Å². The molecule has 4 N–H and O–H groups in total. The zero-order chi connectivity index (χ0) is 20.0. The van der Waals surface area contributed by atoms with Gasteiger partial charge in [-0.1, -0.05) is 0 Å². The fourth-order valence-electron chi connectivity index (χ4n) is 2.24. The number of carbonyl (C=O) groups is 4. The maximum absolute atomic E-state index is 12.0. The van der Waals surface area contributed by atoms with Gasteiger partial charge in [-0.3, -0.25) is 14.4 Å². The summed E-state index contributed by atoms with van der Waals surface area (Å²) in [6.45, 7) is 9.93. The monoisotopic (exact) mass is 358 g/mol. The van der Waals surface area contributed by atoms with Crippen molar-refractivity contribution in [1.29, 1.82) is 0 Å². The van der Waals surface area contributed by atoms with Gasteiger partial charge in [0.15, 0.2) is 0 Å². The zero-order valence-corrected chi connectivity index (χ0v) is 15.8. The van der Waals surface area contributed by atoms with Crippen LogP contribution in [-0.2, 0) is 19.2 Å². The van der Waals surface area contributed by atoms with Gasteiger partial charge in [0, 0.05) is 12.0 Å². The van der Waals surface area contributed by atoms with Gasteiger partial charge in [0.05, 0.1) is 11.5 Å². The molecule has 0 aromatic carbocycles. The van der Waals surface area contributed by atoms with E-state index in [9.17, 15) is 24.3 Å². The Labute approximate surface area is 148 Å². The van der Waals surface area contributed by atoms with Gasteiger partial charge in [-0.05, 0) is 54.4 Å². The summed E-state index contributed by atoms with van der Waals surface area (Å²) in [5.74, 6) is -3.07. The van der Waals surface area contributed by atoms with E-state index in [1.165, 1.54) is 20.8 Å². The third-order valence-corrected chi connectivity index (χ3v) is 3.68. The number of carbonyl (C=O) groups excluding carboxylic acids is 2. The Morgan fingerprint density at radius 1 is 0.960 bits per heavy atom. The van der Waals surface area contributed by atoms with Crippen LogP contribution in [-0.4, -0.2) is 51.5 Å². The van der Waals surface area contributed by atoms with Gasteiger partial charge < -0.3 is 20.8 Å². The van der Waals surface area contributed by atoms with E-state index in [1.54, 1.807) is 0 Å². The van der Waals surface area contributed by atoms with Crippen molar-refractivity contribution in [3.05, 3.63) is 0 Å². The van der Waals surface area contributed by atoms with Crippen molar-refractivity contribution < 1.29 is 29.4 Å². The molecular weight excluding hydrogens is 328 g/mol. The van der Waals surface area contributed by atoms with Gasteiger partial charge in [0.2, 0.25) is 5.91 Å². The molecule has 0 aromatic rings. The number of aliphatic carboxylic acids is 2. The lowest BCUT2D eigenvalue weighted by molar-refractivity contribution is -0.150. The van der Waals surface area contributed by atoms with Crippen LogP contribution in [0.3, 0.4) is 0 Å². The van der Waals surface area contributed by atoms with Gasteiger partial charge in [-0.25, -0.2) is 4.79 Å². The minimum atomic E-state index is -1.30. The van der Waals surface area contributed by atoms with E-state index in [0.29, 0.717) is 0 Å². The fraction of sp³-hybridized carbons (Fsp3) is 0.765. The van der Waals surface area contributed by atoms with Gasteiger partial charge >= 0.3 is 11.9 Å². The third-order valence-electron chi connectivity index (χ3n) is 3.68. The van der Waals surface area contributed by atoms with E-state index < -0.39 is 35.3 Å². The molecule has 0 fully saturated rings. The number of hydrogen-bond acceptors (Lipinski definition) is 5. The molecule has 0 aliphatic rings. The van der Waals surface area contributed by atoms with E-state index in [1.807, 2.05) is 20.8 Å². The maximum atomic E-state index is 12.0. The molecule has 0 bridgehead atoms. The highest BCUT2D eigenvalue weighted by Crippen LogP contribution is 2.23. The fourth-order valence-corrected chi connectivity index (χ4v) is 2.24. The van der Waals surface area contributed by atoms with Crippen LogP contribution in [0, 0.1) is 5.41 Å². The molecule has 0 saturated carbocycles. The van der Waals surface area contributed by atoms with Crippen LogP contribution in [0.15, 0.2) is 0 Å². The molecule has 8 nitrogen and oxygen atoms in total. The SMILES string of the molecule is CC(=O)C(CCC(=O)NC(CC(C)(C)C(=O)O)C(=O)O)NC(C)(C)C. The first kappa shape index (κ1) is 23.0. The molecule has 0 aliphatic heterocycles. The molecule has 0 aliphatic carbocycles. The Morgan fingerprint density at radius 3 is 1.84 bits per heavy atom. The summed E-state index contributed by atoms with van der Waals surface area (Å²) in [7, 11) is 0. The van der Waals surface area contributed by atoms with Crippen molar-refractivity contribution in [1.82, 2.24) is 10.6 Å². The topological polar surface area (TPSA) is 133 Å². The van der Waals surface area contributed by atoms with E-state index >= 15 is 0 Å². The normalized spacial score (nSPS) is 14.5. The minimum Gasteiger partial charge on any atom is -0.481 e. The molecule has 0 heterocycles. The predicted octanol–water partition coefficient (Wildman–Crippen LogP) is 1.18. The molecule has 0 spiro atoms. The number of carboxylic acids is 2. The van der Waals surface area contributed by atoms with E-state index in [0.717, 1.165) is 0 Å². The molecule has 8 heteroatoms. The van der Waals surface area contributed by atoms with Crippen molar-refractivity contribution >= 4 is 23.6 Å². The first-order valence-electron chi connectivity index (χ1n) is 8.19. The summed E-state index contributed by atoms with van der Waals surface area (Å²) < 4.78 is 0. The zero-order valence-electron chi connectivity index (χ0n) is 15.8. The molecule has 25 heavy (non-hydrogen) atoms. The second-order valence-electron chi connectivity index (χ2n) is 7.95. The quantitative estimate of drug-likeness (QED) is 0.461. The summed E-state index contributed by atoms with van der Waals surface area (Å²) in [6, 6.07) is -1.81. The average Bonchev–Trinajstić information content (AvgIpc) is 2.40. The number of Topliss-reactive ketones (excluding diaryl/α,β-unsaturated/α-hetero) is 1. The predicted molar refractivity (Wildman–Crippen MR) is 92.2 cm³/mol. The van der Waals surface area contributed by atoms with Gasteiger partial charge in [0.25, 0.3) is 0 Å². The second-order valence-corrected chi connectivity index (χ2v) is 7.95. The molecule has 2 unspecified atom stereocenters. The molecule has 2 atom stereocenters. The van der Waals surface area contributed by atoms with Crippen molar-refractivity contribution in [2.45, 2.75) is 78.4 Å². The summed E-state index contributed by atoms with van der Waals surface area (Å²) in [5.41, 5.74) is -1.59. The number of nitrogens with one attached hydrogen (secondary N) is 2. The van der Waals surface area contributed by atoms with Crippen molar-refractivity contribution in [2.24, 2.45) is 5.41 Å². The van der Waals surface area contributed by atoms with Crippen LogP contribution in [0.1, 0.15) is 60.8 Å². The lowest BCUT2D eigenvalue weighted by Gasteiger charge is -2.27. The average molecular weight is 358 g/mol. The minimum absolute atomic E-state index is 0.0371. The highest BCUT2D eigenvalue weighted by Gasteiger charge is 2.34. The molecule has 1 amide bonds. The Morgan fingerprint density at radius 2 is 1.48 bits per heavy atom. The number of amides is 1. The van der Waals surface area contributed by atoms with Crippen molar-refractivity contribution in [3.8, 4) is 0 Å². The summed E-state index contributed by atoms with van der Waals surface area (Å²) in [6.07, 6.45) is -0.0442. The largest absolute Gasteiger partial charge is 0.481 e. The summed E-state index contributed by atoms with van der Waals surface area (Å²) in [5, 5.41) is 23.8. The van der Waals surface area contributed by atoms with Crippen LogP contribution in [0.25, 0.3) is 0 Å². The highest BCUT2D eigenvalue weighted by atomic mass is 16.4. The first-order valence-corrected chi connectivity index (χ1v) is 8.19. The van der Waals surface area contributed by atoms with E-state index in [2.05, 4.69) is 10.6 Å². The second kappa shape index (κ2) is 8.94. The van der Waals surface area contributed by atoms with Gasteiger partial charge in [-0.2, -0.15) is 0 Å². The molecule has 0 saturated heterocycles. The standard InChI is InChI=1S/C17H30N2O6/c1-10(20)11(19-16(2,3)4)7-8-13(21)18-12(14(22)23)9-17(5,6)15(24)25/h11-12,19H,7-9H2,1-6H3,(H,18,21)(H,22,23)(H,24,25). The Balaban J connectivity index is 4.79. The maximum Gasteiger partial charge on any atom is 0.326 e. The van der Waals surface area contributed by atoms with Gasteiger partial charge in [-0.15, -0.1) is 0 Å². The van der Waals surface area contributed by atoms with Crippen LogP contribution in [0.4, 0.5) is 0 Å². The van der Waals surface area contributed by atoms with Crippen molar-refractivity contribution in [2.75, 3.05) is 0 Å².